The Balaban J connectivity index is 2.01. The van der Waals surface area contributed by atoms with Gasteiger partial charge in [-0.25, -0.2) is 0 Å². The van der Waals surface area contributed by atoms with Gasteiger partial charge in [0.2, 0.25) is 5.91 Å². The van der Waals surface area contributed by atoms with Crippen LogP contribution in [0.2, 0.25) is 0 Å². The summed E-state index contributed by atoms with van der Waals surface area (Å²) in [5, 5.41) is 1.48. The average molecular weight is 398 g/mol. The molecule has 0 unspecified atom stereocenters. The minimum Gasteiger partial charge on any atom is -0.325 e. The number of amides is 1. The number of alkyl halides is 1. The van der Waals surface area contributed by atoms with Crippen molar-refractivity contribution in [1.82, 2.24) is 0 Å². The lowest BCUT2D eigenvalue weighted by Crippen LogP contribution is -2.48. The molecule has 0 spiro atoms. The van der Waals surface area contributed by atoms with Crippen LogP contribution in [0.1, 0.15) is 38.8 Å². The van der Waals surface area contributed by atoms with E-state index in [9.17, 15) is 19.2 Å². The molecular formula is C22H20ClNO4. The standard InChI is InChI=1S/C22H20ClNO4/c1-11-7-6-8-12(2)19(11)24-22(28)16(13(3)25)17-18(23)21(27)15-10-5-4-9-14(15)20(17)26/h4-10,16-18H,1-3H3,(H,24,28)/t16-,17+,18+/m0/s1. The van der Waals surface area contributed by atoms with Gasteiger partial charge in [-0.15, -0.1) is 11.6 Å². The van der Waals surface area contributed by atoms with Gasteiger partial charge in [-0.3, -0.25) is 19.2 Å². The third kappa shape index (κ3) is 3.38. The number of carbonyl (C=O) groups excluding carboxylic acids is 4. The van der Waals surface area contributed by atoms with E-state index in [1.807, 2.05) is 32.0 Å². The van der Waals surface area contributed by atoms with Crippen molar-refractivity contribution in [1.29, 1.82) is 0 Å². The lowest BCUT2D eigenvalue weighted by Gasteiger charge is -2.31. The van der Waals surface area contributed by atoms with Gasteiger partial charge in [-0.2, -0.15) is 0 Å². The topological polar surface area (TPSA) is 80.3 Å². The first-order valence-electron chi connectivity index (χ1n) is 8.93. The van der Waals surface area contributed by atoms with Crippen LogP contribution in [-0.4, -0.2) is 28.6 Å². The van der Waals surface area contributed by atoms with Crippen molar-refractivity contribution in [2.45, 2.75) is 26.1 Å². The van der Waals surface area contributed by atoms with Crippen LogP contribution in [0.15, 0.2) is 42.5 Å². The van der Waals surface area contributed by atoms with Crippen LogP contribution in [0, 0.1) is 25.7 Å². The van der Waals surface area contributed by atoms with Gasteiger partial charge in [0, 0.05) is 16.8 Å². The van der Waals surface area contributed by atoms with Crippen molar-refractivity contribution in [3.05, 3.63) is 64.7 Å². The predicted octanol–water partition coefficient (Wildman–Crippen LogP) is 3.75. The zero-order valence-corrected chi connectivity index (χ0v) is 16.5. The van der Waals surface area contributed by atoms with Gasteiger partial charge in [0.05, 0.1) is 5.92 Å². The van der Waals surface area contributed by atoms with Crippen LogP contribution in [0.3, 0.4) is 0 Å². The summed E-state index contributed by atoms with van der Waals surface area (Å²) in [7, 11) is 0. The molecule has 2 aromatic rings. The first-order valence-corrected chi connectivity index (χ1v) is 9.36. The number of hydrogen-bond donors (Lipinski definition) is 1. The number of carbonyl (C=O) groups is 4. The summed E-state index contributed by atoms with van der Waals surface area (Å²) < 4.78 is 0. The maximum absolute atomic E-state index is 13.0. The minimum atomic E-state index is -1.36. The van der Waals surface area contributed by atoms with Crippen molar-refractivity contribution in [3.8, 4) is 0 Å². The van der Waals surface area contributed by atoms with Crippen LogP contribution in [-0.2, 0) is 9.59 Å². The van der Waals surface area contributed by atoms with Crippen LogP contribution < -0.4 is 5.32 Å². The number of halogens is 1. The van der Waals surface area contributed by atoms with E-state index in [0.29, 0.717) is 5.69 Å². The lowest BCUT2D eigenvalue weighted by molar-refractivity contribution is -0.131. The zero-order chi connectivity index (χ0) is 20.6. The molecule has 0 saturated heterocycles. The van der Waals surface area contributed by atoms with E-state index < -0.39 is 40.5 Å². The van der Waals surface area contributed by atoms with Crippen molar-refractivity contribution in [2.24, 2.45) is 11.8 Å². The van der Waals surface area contributed by atoms with Gasteiger partial charge >= 0.3 is 0 Å². The number of anilines is 1. The Bertz CT molecular complexity index is 978. The Morgan fingerprint density at radius 3 is 2.00 bits per heavy atom. The molecule has 0 fully saturated rings. The molecule has 1 N–H and O–H groups in total. The van der Waals surface area contributed by atoms with E-state index in [1.54, 1.807) is 12.1 Å². The fourth-order valence-electron chi connectivity index (χ4n) is 3.67. The number of nitrogens with one attached hydrogen (secondary N) is 1. The zero-order valence-electron chi connectivity index (χ0n) is 15.8. The minimum absolute atomic E-state index is 0.195. The summed E-state index contributed by atoms with van der Waals surface area (Å²) in [5.74, 6) is -4.67. The lowest BCUT2D eigenvalue weighted by atomic mass is 9.73. The van der Waals surface area contributed by atoms with Crippen molar-refractivity contribution < 1.29 is 19.2 Å². The molecule has 0 aliphatic heterocycles. The first-order chi connectivity index (χ1) is 13.2. The molecule has 0 aromatic heterocycles. The van der Waals surface area contributed by atoms with Crippen LogP contribution >= 0.6 is 11.6 Å². The number of para-hydroxylation sites is 1. The van der Waals surface area contributed by atoms with E-state index in [1.165, 1.54) is 19.1 Å². The maximum Gasteiger partial charge on any atom is 0.235 e. The van der Waals surface area contributed by atoms with E-state index in [-0.39, 0.29) is 11.1 Å². The number of aryl methyl sites for hydroxylation is 2. The molecule has 1 amide bonds. The molecule has 2 aromatic carbocycles. The summed E-state index contributed by atoms with van der Waals surface area (Å²) in [5.41, 5.74) is 2.66. The Hall–Kier alpha value is -2.79. The number of benzene rings is 2. The molecule has 0 saturated carbocycles. The monoisotopic (exact) mass is 397 g/mol. The number of fused-ring (bicyclic) bond motifs is 1. The van der Waals surface area contributed by atoms with E-state index >= 15 is 0 Å². The van der Waals surface area contributed by atoms with Gasteiger partial charge < -0.3 is 5.32 Å². The third-order valence-corrected chi connectivity index (χ3v) is 5.61. The Morgan fingerprint density at radius 2 is 1.46 bits per heavy atom. The van der Waals surface area contributed by atoms with Crippen LogP contribution in [0.5, 0.6) is 0 Å². The molecule has 0 heterocycles. The molecule has 0 bridgehead atoms. The molecule has 1 aliphatic rings. The highest BCUT2D eigenvalue weighted by Crippen LogP contribution is 2.35. The first kappa shape index (κ1) is 20.0. The molecule has 5 nitrogen and oxygen atoms in total. The van der Waals surface area contributed by atoms with Gasteiger partial charge in [-0.1, -0.05) is 42.5 Å². The Labute approximate surface area is 168 Å². The smallest absolute Gasteiger partial charge is 0.235 e. The SMILES string of the molecule is CC(=O)[C@H](C(=O)Nc1c(C)cccc1C)[C@H]1C(=O)c2ccccc2C(=O)[C@@H]1Cl. The van der Waals surface area contributed by atoms with E-state index in [0.717, 1.165) is 11.1 Å². The summed E-state index contributed by atoms with van der Waals surface area (Å²) in [4.78, 5) is 51.1. The summed E-state index contributed by atoms with van der Waals surface area (Å²) >= 11 is 6.30. The fourth-order valence-corrected chi connectivity index (χ4v) is 4.05. The van der Waals surface area contributed by atoms with Crippen molar-refractivity contribution in [3.63, 3.8) is 0 Å². The summed E-state index contributed by atoms with van der Waals surface area (Å²) in [6.07, 6.45) is 0. The fraction of sp³-hybridized carbons (Fsp3) is 0.273. The summed E-state index contributed by atoms with van der Waals surface area (Å²) in [6.45, 7) is 4.90. The molecule has 28 heavy (non-hydrogen) atoms. The average Bonchev–Trinajstić information content (AvgIpc) is 2.66. The quantitative estimate of drug-likeness (QED) is 0.629. The highest BCUT2D eigenvalue weighted by molar-refractivity contribution is 6.39. The Kier molecular flexibility index (Phi) is 5.47. The van der Waals surface area contributed by atoms with Crippen molar-refractivity contribution >= 4 is 40.5 Å². The number of Topliss-reactive ketones (excluding diaryl/α,β-unsaturated/α-hetero) is 3. The molecule has 3 atom stereocenters. The van der Waals surface area contributed by atoms with Gasteiger partial charge in [-0.05, 0) is 31.9 Å². The second-order valence-electron chi connectivity index (χ2n) is 7.05. The van der Waals surface area contributed by atoms with Gasteiger partial charge in [0.1, 0.15) is 17.1 Å². The summed E-state index contributed by atoms with van der Waals surface area (Å²) in [6, 6.07) is 11.9. The van der Waals surface area contributed by atoms with E-state index in [4.69, 9.17) is 11.6 Å². The molecule has 144 valence electrons. The molecule has 6 heteroatoms. The largest absolute Gasteiger partial charge is 0.325 e. The number of rotatable bonds is 4. The van der Waals surface area contributed by atoms with Crippen LogP contribution in [0.25, 0.3) is 0 Å². The van der Waals surface area contributed by atoms with Crippen LogP contribution in [0.4, 0.5) is 5.69 Å². The van der Waals surface area contributed by atoms with Gasteiger partial charge in [0.25, 0.3) is 0 Å². The van der Waals surface area contributed by atoms with E-state index in [2.05, 4.69) is 5.32 Å². The highest BCUT2D eigenvalue weighted by Gasteiger charge is 2.48. The number of hydrogen-bond acceptors (Lipinski definition) is 4. The molecule has 0 radical (unpaired) electrons. The Morgan fingerprint density at radius 1 is 0.929 bits per heavy atom. The molecule has 3 rings (SSSR count). The third-order valence-electron chi connectivity index (χ3n) is 5.14. The maximum atomic E-state index is 13.0. The second kappa shape index (κ2) is 7.68. The normalized spacial score (nSPS) is 19.7. The predicted molar refractivity (Wildman–Crippen MR) is 107 cm³/mol. The number of ketones is 3. The molecular weight excluding hydrogens is 378 g/mol. The highest BCUT2D eigenvalue weighted by atomic mass is 35.5. The second-order valence-corrected chi connectivity index (χ2v) is 7.52. The molecule has 1 aliphatic carbocycles. The van der Waals surface area contributed by atoms with Gasteiger partial charge in [0.15, 0.2) is 11.6 Å². The van der Waals surface area contributed by atoms with Crippen molar-refractivity contribution in [2.75, 3.05) is 5.32 Å².